The van der Waals surface area contributed by atoms with Gasteiger partial charge >= 0.3 is 11.9 Å². The lowest BCUT2D eigenvalue weighted by Crippen LogP contribution is -2.61. The molecule has 9 unspecified atom stereocenters. The molecule has 0 aliphatic carbocycles. The lowest BCUT2D eigenvalue weighted by atomic mass is 10.0. The number of aliphatic carboxylic acids is 2. The first-order valence-corrected chi connectivity index (χ1v) is 28.4. The Hall–Kier alpha value is -8.79. The Balaban J connectivity index is 2.15. The van der Waals surface area contributed by atoms with Crippen molar-refractivity contribution in [3.05, 3.63) is 35.9 Å². The molecule has 1 aliphatic rings. The fourth-order valence-electron chi connectivity index (χ4n) is 8.18. The molecule has 0 spiro atoms. The van der Waals surface area contributed by atoms with Crippen LogP contribution in [0.1, 0.15) is 63.4 Å². The molecular formula is C51H80N18O19S. The zero-order valence-electron chi connectivity index (χ0n) is 48.4. The molecule has 9 atom stereocenters. The van der Waals surface area contributed by atoms with Crippen LogP contribution in [0.4, 0.5) is 0 Å². The van der Waals surface area contributed by atoms with Gasteiger partial charge in [-0.1, -0.05) is 36.8 Å². The van der Waals surface area contributed by atoms with Gasteiger partial charge in [0.05, 0.1) is 64.3 Å². The van der Waals surface area contributed by atoms with Gasteiger partial charge in [0.2, 0.25) is 70.6 Å². The third-order valence-corrected chi connectivity index (χ3v) is 13.3. The maximum absolute atomic E-state index is 13.8. The third-order valence-electron chi connectivity index (χ3n) is 12.9. The number of rotatable bonds is 45. The molecule has 1 saturated heterocycles. The Labute approximate surface area is 514 Å². The summed E-state index contributed by atoms with van der Waals surface area (Å²) in [6.45, 7) is -4.51. The summed E-state index contributed by atoms with van der Waals surface area (Å²) in [5, 5.41) is 57.1. The van der Waals surface area contributed by atoms with Crippen LogP contribution in [-0.4, -0.2) is 239 Å². The first-order valence-electron chi connectivity index (χ1n) is 27.8. The Bertz CT molecular complexity index is 2660. The predicted octanol–water partition coefficient (Wildman–Crippen LogP) is -10.8. The topological polar surface area (TPSA) is 601 Å². The first kappa shape index (κ1) is 76.3. The number of carboxylic acid groups (broad SMARTS) is 2. The number of guanidine groups is 1. The third kappa shape index (κ3) is 29.2. The van der Waals surface area contributed by atoms with Crippen molar-refractivity contribution < 1.29 is 92.3 Å². The number of nitrogens with one attached hydrogen (secondary N) is 12. The van der Waals surface area contributed by atoms with E-state index < -0.39 is 189 Å². The first-order chi connectivity index (χ1) is 42.3. The number of thiol groups is 1. The molecule has 89 heavy (non-hydrogen) atoms. The van der Waals surface area contributed by atoms with Gasteiger partial charge in [0.15, 0.2) is 5.96 Å². The minimum absolute atomic E-state index is 0.0243. The number of primary amides is 1. The Morgan fingerprint density at radius 1 is 0.618 bits per heavy atom. The number of benzene rings is 1. The lowest BCUT2D eigenvalue weighted by molar-refractivity contribution is -0.141. The summed E-state index contributed by atoms with van der Waals surface area (Å²) in [6, 6.07) is -5.34. The zero-order valence-corrected chi connectivity index (χ0v) is 49.3. The van der Waals surface area contributed by atoms with E-state index in [1.807, 2.05) is 0 Å². The lowest BCUT2D eigenvalue weighted by Gasteiger charge is -2.26. The number of hydrogen-bond donors (Lipinski definition) is 21. The number of hydrazine groups is 2. The second kappa shape index (κ2) is 41.4. The highest BCUT2D eigenvalue weighted by Gasteiger charge is 2.37. The standard InChI is InChI=1S/C51H80N18O19S/c52-13-5-4-10-30(66-65-28(23-70)24-71)47(85)62-29(11-6-14-56-51(54)55)45(83)60-22-40(76)69-15-7-12-36(69)50(88)58-19-37(73)43(81)34(25-72)68-67-33(18-42(79)80)49(87)63-31(16-27-8-2-1-3-9-27)48(86)64-32(17-41(77)78)46(84)59-20-38(74)57-21-39(75)61-35(26-89)44(53)82/h1-3,8-9,23,28-36,65-68,71-72,89H,4-7,10-22,24-26,52H2,(H2,53,82)(H,57,74)(H,58,88)(H,59,84)(H,60,83)(H,61,75)(H,62,85)(H,63,87)(H,64,86)(H,77,78)(H,79,80)(H4,54,55,56). The van der Waals surface area contributed by atoms with Crippen molar-refractivity contribution in [1.29, 1.82) is 0 Å². The van der Waals surface area contributed by atoms with Gasteiger partial charge in [0, 0.05) is 25.3 Å². The van der Waals surface area contributed by atoms with Gasteiger partial charge in [-0.05, 0) is 50.6 Å². The molecule has 1 aromatic carbocycles. The number of carbonyl (C=O) groups is 15. The Kier molecular flexibility index (Phi) is 35.5. The van der Waals surface area contributed by atoms with E-state index in [9.17, 15) is 92.3 Å². The number of aldehydes is 1. The van der Waals surface area contributed by atoms with Gasteiger partial charge in [-0.25, -0.2) is 21.7 Å². The van der Waals surface area contributed by atoms with Crippen LogP contribution in [0.5, 0.6) is 0 Å². The zero-order chi connectivity index (χ0) is 66.6. The molecule has 1 aliphatic heterocycles. The van der Waals surface area contributed by atoms with Gasteiger partial charge < -0.3 is 95.6 Å². The Morgan fingerprint density at radius 3 is 1.80 bits per heavy atom. The molecule has 1 aromatic rings. The fraction of sp³-hybridized carbons (Fsp3) is 0.569. The Morgan fingerprint density at radius 2 is 1.19 bits per heavy atom. The number of aliphatic imine (C=N–C) groups is 1. The summed E-state index contributed by atoms with van der Waals surface area (Å²) in [5.74, 6) is -15.8. The molecule has 38 heteroatoms. The van der Waals surface area contributed by atoms with E-state index in [-0.39, 0.29) is 56.9 Å². The minimum atomic E-state index is -1.91. The highest BCUT2D eigenvalue weighted by molar-refractivity contribution is 7.80. The summed E-state index contributed by atoms with van der Waals surface area (Å²) in [5.41, 5.74) is 31.6. The number of likely N-dealkylation sites (tertiary alicyclic amines) is 1. The number of nitrogens with zero attached hydrogens (tertiary/aromatic N) is 2. The number of amides is 10. The number of nitrogens with two attached hydrogens (primary N) is 4. The molecule has 0 saturated carbocycles. The molecular weight excluding hydrogens is 1200 g/mol. The van der Waals surface area contributed by atoms with Gasteiger partial charge in [-0.2, -0.15) is 12.6 Å². The van der Waals surface area contributed by atoms with Crippen molar-refractivity contribution >= 4 is 107 Å². The monoisotopic (exact) mass is 1280 g/mol. The number of hydrogen-bond acceptors (Lipinski definition) is 24. The van der Waals surface area contributed by atoms with E-state index >= 15 is 0 Å². The van der Waals surface area contributed by atoms with Crippen molar-refractivity contribution in [2.24, 2.45) is 27.9 Å². The smallest absolute Gasteiger partial charge is 0.305 e. The van der Waals surface area contributed by atoms with Crippen LogP contribution >= 0.6 is 12.6 Å². The summed E-state index contributed by atoms with van der Waals surface area (Å²) in [6.07, 6.45) is -0.366. The number of aliphatic hydroxyl groups excluding tert-OH is 2. The summed E-state index contributed by atoms with van der Waals surface area (Å²) >= 11 is 3.89. The van der Waals surface area contributed by atoms with E-state index in [2.05, 4.69) is 81.9 Å². The molecule has 10 amide bonds. The van der Waals surface area contributed by atoms with Crippen LogP contribution in [0.2, 0.25) is 0 Å². The molecule has 37 nitrogen and oxygen atoms in total. The van der Waals surface area contributed by atoms with Crippen LogP contribution in [0.25, 0.3) is 0 Å². The number of unbranched alkanes of at least 4 members (excludes halogenated alkanes) is 1. The fourth-order valence-corrected chi connectivity index (χ4v) is 8.45. The number of ketones is 2. The molecule has 2 rings (SSSR count). The van der Waals surface area contributed by atoms with Gasteiger partial charge in [-0.15, -0.1) is 0 Å². The number of carbonyl (C=O) groups excluding carboxylic acids is 13. The van der Waals surface area contributed by atoms with Gasteiger partial charge in [0.1, 0.15) is 48.6 Å². The van der Waals surface area contributed by atoms with Crippen molar-refractivity contribution in [3.8, 4) is 0 Å². The van der Waals surface area contributed by atoms with E-state index in [0.717, 1.165) is 4.90 Å². The summed E-state index contributed by atoms with van der Waals surface area (Å²) in [4.78, 5) is 197. The molecule has 1 fully saturated rings. The van der Waals surface area contributed by atoms with Crippen molar-refractivity contribution in [1.82, 2.24) is 69.1 Å². The molecule has 494 valence electrons. The van der Waals surface area contributed by atoms with Crippen LogP contribution in [0.3, 0.4) is 0 Å². The second-order valence-corrected chi connectivity index (χ2v) is 20.2. The average molecular weight is 1280 g/mol. The number of carboxylic acids is 2. The average Bonchev–Trinajstić information content (AvgIpc) is 4.19. The van der Waals surface area contributed by atoms with E-state index in [0.29, 0.717) is 37.7 Å². The molecule has 24 N–H and O–H groups in total. The molecule has 0 aromatic heterocycles. The highest BCUT2D eigenvalue weighted by Crippen LogP contribution is 2.18. The molecule has 1 heterocycles. The summed E-state index contributed by atoms with van der Waals surface area (Å²) in [7, 11) is 0. The van der Waals surface area contributed by atoms with Crippen molar-refractivity contribution in [2.75, 3.05) is 64.8 Å². The largest absolute Gasteiger partial charge is 0.481 e. The normalized spacial score (nSPS) is 15.3. The predicted molar refractivity (Wildman–Crippen MR) is 313 cm³/mol. The number of Topliss-reactive ketones (excluding diaryl/α,β-unsaturated/α-hetero) is 2. The van der Waals surface area contributed by atoms with Crippen molar-refractivity contribution in [2.45, 2.75) is 119 Å². The van der Waals surface area contributed by atoms with E-state index in [1.54, 1.807) is 18.2 Å². The van der Waals surface area contributed by atoms with Crippen LogP contribution < -0.4 is 87.2 Å². The van der Waals surface area contributed by atoms with Crippen LogP contribution in [0, 0.1) is 0 Å². The van der Waals surface area contributed by atoms with E-state index in [4.69, 9.17) is 22.9 Å². The molecule has 0 bridgehead atoms. The SMILES string of the molecule is NCCCCC(NNC(C=O)CO)C(=O)NC(CCCN=C(N)N)C(=O)NCC(=O)N1CCCC1C(=O)NCC(=O)C(=O)C(CO)NNC(CC(=O)O)C(=O)NC(Cc1ccccc1)C(=O)NC(CC(=O)O)C(=O)NCC(=O)NCC(=O)NC(CS)C(N)=O. The maximum Gasteiger partial charge on any atom is 0.305 e. The minimum Gasteiger partial charge on any atom is -0.481 e. The highest BCUT2D eigenvalue weighted by atomic mass is 32.1. The molecule has 0 radical (unpaired) electrons. The van der Waals surface area contributed by atoms with E-state index in [1.165, 1.54) is 12.1 Å². The van der Waals surface area contributed by atoms with Crippen molar-refractivity contribution in [3.63, 3.8) is 0 Å². The second-order valence-electron chi connectivity index (χ2n) is 19.8. The number of aliphatic hydroxyl groups is 2. The van der Waals surface area contributed by atoms with Gasteiger partial charge in [-0.3, -0.25) is 72.1 Å². The van der Waals surface area contributed by atoms with Crippen LogP contribution in [-0.2, 0) is 78.3 Å². The maximum atomic E-state index is 13.8. The summed E-state index contributed by atoms with van der Waals surface area (Å²) < 4.78 is 0. The van der Waals surface area contributed by atoms with Gasteiger partial charge in [0.25, 0.3) is 0 Å². The quantitative estimate of drug-likeness (QED) is 0.00548. The van der Waals surface area contributed by atoms with Crippen LogP contribution in [0.15, 0.2) is 35.3 Å².